The molecule has 12 nitrogen and oxygen atoms in total. The van der Waals surface area contributed by atoms with Gasteiger partial charge < -0.3 is 30.1 Å². The van der Waals surface area contributed by atoms with Crippen molar-refractivity contribution in [2.24, 2.45) is 17.8 Å². The van der Waals surface area contributed by atoms with Crippen LogP contribution in [0.5, 0.6) is 0 Å². The maximum atomic E-state index is 12.5. The fourth-order valence-electron chi connectivity index (χ4n) is 4.76. The Morgan fingerprint density at radius 1 is 0.778 bits per heavy atom. The van der Waals surface area contributed by atoms with Crippen molar-refractivity contribution in [3.05, 3.63) is 0 Å². The molecule has 0 aromatic carbocycles. The number of esters is 1. The van der Waals surface area contributed by atoms with Crippen LogP contribution < -0.4 is 10.6 Å². The van der Waals surface area contributed by atoms with E-state index in [0.717, 1.165) is 5.75 Å². The molecule has 0 aromatic rings. The van der Waals surface area contributed by atoms with Gasteiger partial charge in [-0.25, -0.2) is 0 Å². The van der Waals surface area contributed by atoms with Gasteiger partial charge in [-0.1, -0.05) is 0 Å². The molecule has 0 saturated carbocycles. The lowest BCUT2D eigenvalue weighted by molar-refractivity contribution is -0.145. The van der Waals surface area contributed by atoms with E-state index in [4.69, 9.17) is 0 Å². The molecule has 0 radical (unpaired) electrons. The lowest BCUT2D eigenvalue weighted by atomic mass is 10.1. The van der Waals surface area contributed by atoms with Gasteiger partial charge in [0, 0.05) is 77.4 Å². The zero-order valence-electron chi connectivity index (χ0n) is 20.8. The molecule has 3 fully saturated rings. The van der Waals surface area contributed by atoms with E-state index in [-0.39, 0.29) is 87.4 Å². The molecule has 13 heteroatoms. The number of nitrogens with zero attached hydrogens (tertiary/aromatic N) is 3. The van der Waals surface area contributed by atoms with Crippen LogP contribution in [0.25, 0.3) is 0 Å². The average molecular weight is 526 g/mol. The SMILES string of the molecule is COC(=O)C1CC(=O)N(CCNC(=O)C2CC(=O)N(CCNC(=O)C3CC(=O)N(CCSC)C3)C2)C1. The van der Waals surface area contributed by atoms with Crippen molar-refractivity contribution < 1.29 is 33.5 Å². The fraction of sp³-hybridized carbons (Fsp3) is 0.739. The molecule has 3 unspecified atom stereocenters. The van der Waals surface area contributed by atoms with E-state index in [1.807, 2.05) is 6.26 Å². The first-order valence-electron chi connectivity index (χ1n) is 12.2. The Kier molecular flexibility index (Phi) is 9.97. The molecule has 3 saturated heterocycles. The molecular formula is C23H35N5O7S. The number of carbonyl (C=O) groups is 6. The first kappa shape index (κ1) is 27.8. The van der Waals surface area contributed by atoms with E-state index >= 15 is 0 Å². The Labute approximate surface area is 214 Å². The average Bonchev–Trinajstić information content (AvgIpc) is 3.54. The predicted octanol–water partition coefficient (Wildman–Crippen LogP) is -1.70. The summed E-state index contributed by atoms with van der Waals surface area (Å²) in [6, 6.07) is 0. The number of rotatable bonds is 12. The highest BCUT2D eigenvalue weighted by Crippen LogP contribution is 2.20. The van der Waals surface area contributed by atoms with Gasteiger partial charge in [-0.05, 0) is 6.26 Å². The van der Waals surface area contributed by atoms with Crippen molar-refractivity contribution in [3.63, 3.8) is 0 Å². The second-order valence-corrected chi connectivity index (χ2v) is 10.3. The number of methoxy groups -OCH3 is 1. The summed E-state index contributed by atoms with van der Waals surface area (Å²) < 4.78 is 4.69. The van der Waals surface area contributed by atoms with Crippen LogP contribution in [0.4, 0.5) is 0 Å². The highest BCUT2D eigenvalue weighted by molar-refractivity contribution is 7.98. The molecule has 3 atom stereocenters. The number of amides is 5. The van der Waals surface area contributed by atoms with Crippen LogP contribution in [-0.2, 0) is 33.5 Å². The lowest BCUT2D eigenvalue weighted by Crippen LogP contribution is -2.40. The quantitative estimate of drug-likeness (QED) is 0.287. The van der Waals surface area contributed by atoms with Gasteiger partial charge in [-0.2, -0.15) is 11.8 Å². The summed E-state index contributed by atoms with van der Waals surface area (Å²) >= 11 is 1.65. The van der Waals surface area contributed by atoms with Gasteiger partial charge >= 0.3 is 5.97 Å². The van der Waals surface area contributed by atoms with E-state index in [1.165, 1.54) is 12.0 Å². The molecule has 0 bridgehead atoms. The Hall–Kier alpha value is -2.83. The summed E-state index contributed by atoms with van der Waals surface area (Å²) in [4.78, 5) is 77.8. The third kappa shape index (κ3) is 7.11. The Balaban J connectivity index is 1.33. The zero-order chi connectivity index (χ0) is 26.2. The maximum Gasteiger partial charge on any atom is 0.310 e. The van der Waals surface area contributed by atoms with Crippen molar-refractivity contribution in [1.29, 1.82) is 0 Å². The lowest BCUT2D eigenvalue weighted by Gasteiger charge is -2.19. The van der Waals surface area contributed by atoms with Gasteiger partial charge in [-0.15, -0.1) is 0 Å². The molecule has 5 amide bonds. The summed E-state index contributed by atoms with van der Waals surface area (Å²) in [6.45, 7) is 2.65. The number of likely N-dealkylation sites (tertiary alicyclic amines) is 3. The van der Waals surface area contributed by atoms with E-state index in [2.05, 4.69) is 15.4 Å². The Morgan fingerprint density at radius 3 is 1.64 bits per heavy atom. The molecule has 2 N–H and O–H groups in total. The smallest absolute Gasteiger partial charge is 0.310 e. The molecule has 3 aliphatic rings. The van der Waals surface area contributed by atoms with Crippen LogP contribution in [0.3, 0.4) is 0 Å². The minimum atomic E-state index is -0.497. The largest absolute Gasteiger partial charge is 0.469 e. The van der Waals surface area contributed by atoms with Crippen molar-refractivity contribution in [2.45, 2.75) is 19.3 Å². The highest BCUT2D eigenvalue weighted by atomic mass is 32.2. The van der Waals surface area contributed by atoms with Crippen LogP contribution >= 0.6 is 11.8 Å². The van der Waals surface area contributed by atoms with Crippen molar-refractivity contribution in [3.8, 4) is 0 Å². The zero-order valence-corrected chi connectivity index (χ0v) is 21.6. The summed E-state index contributed by atoms with van der Waals surface area (Å²) in [5.74, 6) is -1.71. The summed E-state index contributed by atoms with van der Waals surface area (Å²) in [5.41, 5.74) is 0. The first-order chi connectivity index (χ1) is 17.2. The molecule has 3 heterocycles. The highest BCUT2D eigenvalue weighted by Gasteiger charge is 2.37. The number of hydrogen-bond donors (Lipinski definition) is 2. The second kappa shape index (κ2) is 12.9. The predicted molar refractivity (Wildman–Crippen MR) is 130 cm³/mol. The number of ether oxygens (including phenoxy) is 1. The summed E-state index contributed by atoms with van der Waals surface area (Å²) in [6.07, 6.45) is 2.38. The van der Waals surface area contributed by atoms with Crippen LogP contribution in [0.2, 0.25) is 0 Å². The summed E-state index contributed by atoms with van der Waals surface area (Å²) in [5, 5.41) is 5.58. The second-order valence-electron chi connectivity index (χ2n) is 9.32. The van der Waals surface area contributed by atoms with Gasteiger partial charge in [0.25, 0.3) is 0 Å². The standard InChI is InChI=1S/C23H35N5O7S/c1-35-23(34)17-11-20(31)27(14-17)6-4-25-21(32)15-9-18(29)26(12-15)5-3-24-22(33)16-10-19(30)28(13-16)7-8-36-2/h15-17H,3-14H2,1-2H3,(H,24,33)(H,25,32). The van der Waals surface area contributed by atoms with Gasteiger partial charge in [0.15, 0.2) is 0 Å². The topological polar surface area (TPSA) is 145 Å². The molecule has 0 spiro atoms. The minimum absolute atomic E-state index is 0.00912. The van der Waals surface area contributed by atoms with Gasteiger partial charge in [-0.3, -0.25) is 28.8 Å². The first-order valence-corrected chi connectivity index (χ1v) is 13.6. The summed E-state index contributed by atoms with van der Waals surface area (Å²) in [7, 11) is 1.29. The molecule has 3 rings (SSSR count). The van der Waals surface area contributed by atoms with E-state index < -0.39 is 17.8 Å². The van der Waals surface area contributed by atoms with Gasteiger partial charge in [0.1, 0.15) is 0 Å². The molecular weight excluding hydrogens is 490 g/mol. The van der Waals surface area contributed by atoms with Crippen LogP contribution in [-0.4, -0.2) is 122 Å². The third-order valence-electron chi connectivity index (χ3n) is 6.85. The van der Waals surface area contributed by atoms with E-state index in [1.54, 1.807) is 21.6 Å². The number of nitrogens with one attached hydrogen (secondary N) is 2. The van der Waals surface area contributed by atoms with Crippen LogP contribution in [0.15, 0.2) is 0 Å². The maximum absolute atomic E-state index is 12.5. The Bertz CT molecular complexity index is 885. The van der Waals surface area contributed by atoms with E-state index in [0.29, 0.717) is 19.6 Å². The van der Waals surface area contributed by atoms with Crippen LogP contribution in [0, 0.1) is 17.8 Å². The third-order valence-corrected chi connectivity index (χ3v) is 7.44. The number of hydrogen-bond acceptors (Lipinski definition) is 8. The molecule has 200 valence electrons. The minimum Gasteiger partial charge on any atom is -0.469 e. The van der Waals surface area contributed by atoms with Crippen molar-refractivity contribution in [1.82, 2.24) is 25.3 Å². The van der Waals surface area contributed by atoms with E-state index in [9.17, 15) is 28.8 Å². The molecule has 36 heavy (non-hydrogen) atoms. The molecule has 0 aromatic heterocycles. The Morgan fingerprint density at radius 2 is 1.19 bits per heavy atom. The molecule has 3 aliphatic heterocycles. The normalized spacial score (nSPS) is 24.0. The number of thioether (sulfide) groups is 1. The molecule has 0 aliphatic carbocycles. The fourth-order valence-corrected chi connectivity index (χ4v) is 5.16. The monoisotopic (exact) mass is 525 g/mol. The van der Waals surface area contributed by atoms with Gasteiger partial charge in [0.2, 0.25) is 29.5 Å². The van der Waals surface area contributed by atoms with Crippen molar-refractivity contribution in [2.75, 3.05) is 71.5 Å². The number of carbonyl (C=O) groups excluding carboxylic acids is 6. The van der Waals surface area contributed by atoms with Crippen LogP contribution in [0.1, 0.15) is 19.3 Å². The van der Waals surface area contributed by atoms with Crippen molar-refractivity contribution >= 4 is 47.3 Å². The van der Waals surface area contributed by atoms with Gasteiger partial charge in [0.05, 0.1) is 24.9 Å².